The molecule has 0 saturated carbocycles. The van der Waals surface area contributed by atoms with Gasteiger partial charge in [0.05, 0.1) is 17.0 Å². The molecule has 0 bridgehead atoms. The summed E-state index contributed by atoms with van der Waals surface area (Å²) in [5.41, 5.74) is 3.29. The molecule has 162 valence electrons. The maximum atomic E-state index is 13.0. The van der Waals surface area contributed by atoms with E-state index in [1.54, 1.807) is 24.3 Å². The summed E-state index contributed by atoms with van der Waals surface area (Å²) in [7, 11) is -3.72. The number of sulfonamides is 1. The van der Waals surface area contributed by atoms with Crippen LogP contribution in [-0.2, 0) is 23.0 Å². The van der Waals surface area contributed by atoms with Gasteiger partial charge in [-0.25, -0.2) is 13.1 Å². The highest BCUT2D eigenvalue weighted by Gasteiger charge is 2.36. The SMILES string of the molecule is O=C1c2cccnc2C(=O)N1Cc1ccc(S(=O)(=O)N[C@H]2CCCc3ccccc32)cc1. The molecule has 1 aliphatic heterocycles. The normalized spacial score (nSPS) is 17.9. The number of amides is 2. The molecule has 2 aliphatic rings. The van der Waals surface area contributed by atoms with Gasteiger partial charge in [-0.1, -0.05) is 36.4 Å². The maximum Gasteiger partial charge on any atom is 0.280 e. The van der Waals surface area contributed by atoms with Crippen LogP contribution in [-0.4, -0.2) is 30.1 Å². The second-order valence-corrected chi connectivity index (χ2v) is 9.72. The lowest BCUT2D eigenvalue weighted by Gasteiger charge is -2.26. The van der Waals surface area contributed by atoms with Crippen molar-refractivity contribution in [2.45, 2.75) is 36.7 Å². The summed E-state index contributed by atoms with van der Waals surface area (Å²) in [6.45, 7) is 0.0534. The van der Waals surface area contributed by atoms with E-state index in [0.717, 1.165) is 29.7 Å². The summed E-state index contributed by atoms with van der Waals surface area (Å²) in [5.74, 6) is -0.840. The lowest BCUT2D eigenvalue weighted by Crippen LogP contribution is -2.31. The zero-order chi connectivity index (χ0) is 22.3. The number of hydrogen-bond acceptors (Lipinski definition) is 5. The average molecular weight is 448 g/mol. The average Bonchev–Trinajstić information content (AvgIpc) is 3.05. The zero-order valence-electron chi connectivity index (χ0n) is 17.2. The lowest BCUT2D eigenvalue weighted by molar-refractivity contribution is 0.0640. The first-order valence-corrected chi connectivity index (χ1v) is 11.9. The largest absolute Gasteiger partial charge is 0.280 e. The number of rotatable bonds is 5. The highest BCUT2D eigenvalue weighted by Crippen LogP contribution is 2.31. The number of carbonyl (C=O) groups excluding carboxylic acids is 2. The van der Waals surface area contributed by atoms with Crippen LogP contribution in [0, 0.1) is 0 Å². The first kappa shape index (κ1) is 20.5. The van der Waals surface area contributed by atoms with Gasteiger partial charge in [0.25, 0.3) is 11.8 Å². The van der Waals surface area contributed by atoms with Crippen molar-refractivity contribution in [2.24, 2.45) is 0 Å². The van der Waals surface area contributed by atoms with Gasteiger partial charge in [-0.3, -0.25) is 19.5 Å². The van der Waals surface area contributed by atoms with Crippen molar-refractivity contribution < 1.29 is 18.0 Å². The van der Waals surface area contributed by atoms with E-state index < -0.39 is 21.8 Å². The van der Waals surface area contributed by atoms with Gasteiger partial charge in [0.1, 0.15) is 5.69 Å². The molecule has 2 amide bonds. The zero-order valence-corrected chi connectivity index (χ0v) is 18.0. The van der Waals surface area contributed by atoms with Gasteiger partial charge < -0.3 is 0 Å². The van der Waals surface area contributed by atoms with Crippen LogP contribution in [0.5, 0.6) is 0 Å². The maximum absolute atomic E-state index is 13.0. The Balaban J connectivity index is 1.32. The Bertz CT molecular complexity index is 1280. The monoisotopic (exact) mass is 447 g/mol. The van der Waals surface area contributed by atoms with Crippen LogP contribution in [0.25, 0.3) is 0 Å². The molecule has 1 aromatic heterocycles. The molecule has 1 atom stereocenters. The van der Waals surface area contributed by atoms with Crippen molar-refractivity contribution >= 4 is 21.8 Å². The number of imide groups is 1. The highest BCUT2D eigenvalue weighted by atomic mass is 32.2. The molecular formula is C24H21N3O4S. The number of aryl methyl sites for hydroxylation is 1. The Kier molecular flexibility index (Phi) is 5.11. The second kappa shape index (κ2) is 7.96. The molecule has 8 heteroatoms. The van der Waals surface area contributed by atoms with Crippen LogP contribution in [0.3, 0.4) is 0 Å². The van der Waals surface area contributed by atoms with Gasteiger partial charge in [-0.05, 0) is 60.2 Å². The standard InChI is InChI=1S/C24H21N3O4S/c28-23-20-8-4-14-25-22(20)24(29)27(23)15-16-10-12-18(13-11-16)32(30,31)26-21-9-3-6-17-5-1-2-7-19(17)21/h1-2,4-5,7-8,10-14,21,26H,3,6,9,15H2/t21-/m0/s1. The van der Waals surface area contributed by atoms with Crippen LogP contribution < -0.4 is 4.72 Å². The van der Waals surface area contributed by atoms with Crippen LogP contribution in [0.15, 0.2) is 71.8 Å². The van der Waals surface area contributed by atoms with E-state index in [9.17, 15) is 18.0 Å². The van der Waals surface area contributed by atoms with E-state index in [1.807, 2.05) is 24.3 Å². The second-order valence-electron chi connectivity index (χ2n) is 8.00. The minimum atomic E-state index is -3.72. The summed E-state index contributed by atoms with van der Waals surface area (Å²) in [6.07, 6.45) is 4.11. The van der Waals surface area contributed by atoms with Gasteiger partial charge in [0.2, 0.25) is 10.0 Å². The molecule has 2 heterocycles. The van der Waals surface area contributed by atoms with Crippen molar-refractivity contribution in [1.29, 1.82) is 0 Å². The smallest absolute Gasteiger partial charge is 0.268 e. The fraction of sp³-hybridized carbons (Fsp3) is 0.208. The highest BCUT2D eigenvalue weighted by molar-refractivity contribution is 7.89. The number of nitrogens with zero attached hydrogens (tertiary/aromatic N) is 2. The molecule has 32 heavy (non-hydrogen) atoms. The first-order valence-electron chi connectivity index (χ1n) is 10.4. The van der Waals surface area contributed by atoms with Crippen molar-refractivity contribution in [3.63, 3.8) is 0 Å². The molecular weight excluding hydrogens is 426 g/mol. The number of hydrogen-bond donors (Lipinski definition) is 1. The lowest BCUT2D eigenvalue weighted by atomic mass is 9.88. The minimum Gasteiger partial charge on any atom is -0.268 e. The third-order valence-electron chi connectivity index (χ3n) is 5.97. The molecule has 0 fully saturated rings. The Labute approximate surface area is 186 Å². The molecule has 0 saturated heterocycles. The Morgan fingerprint density at radius 3 is 2.53 bits per heavy atom. The number of aromatic nitrogens is 1. The van der Waals surface area contributed by atoms with E-state index in [1.165, 1.54) is 23.9 Å². The number of nitrogens with one attached hydrogen (secondary N) is 1. The minimum absolute atomic E-state index is 0.0534. The summed E-state index contributed by atoms with van der Waals surface area (Å²) in [6, 6.07) is 17.1. The third-order valence-corrected chi connectivity index (χ3v) is 7.46. The van der Waals surface area contributed by atoms with Gasteiger partial charge in [-0.2, -0.15) is 0 Å². The topological polar surface area (TPSA) is 96.4 Å². The van der Waals surface area contributed by atoms with Crippen molar-refractivity contribution in [3.05, 3.63) is 94.8 Å². The Morgan fingerprint density at radius 1 is 0.969 bits per heavy atom. The van der Waals surface area contributed by atoms with E-state index in [2.05, 4.69) is 9.71 Å². The molecule has 0 spiro atoms. The number of fused-ring (bicyclic) bond motifs is 2. The molecule has 0 unspecified atom stereocenters. The number of benzene rings is 2. The van der Waals surface area contributed by atoms with E-state index in [-0.39, 0.29) is 28.7 Å². The Morgan fingerprint density at radius 2 is 1.75 bits per heavy atom. The summed E-state index contributed by atoms with van der Waals surface area (Å²) in [4.78, 5) is 30.3. The summed E-state index contributed by atoms with van der Waals surface area (Å²) >= 11 is 0. The van der Waals surface area contributed by atoms with E-state index >= 15 is 0 Å². The molecule has 3 aromatic rings. The third kappa shape index (κ3) is 3.61. The van der Waals surface area contributed by atoms with Crippen LogP contribution >= 0.6 is 0 Å². The Hall–Kier alpha value is -3.36. The van der Waals surface area contributed by atoms with Gasteiger partial charge in [0.15, 0.2) is 0 Å². The van der Waals surface area contributed by atoms with E-state index in [4.69, 9.17) is 0 Å². The molecule has 7 nitrogen and oxygen atoms in total. The fourth-order valence-corrected chi connectivity index (χ4v) is 5.60. The van der Waals surface area contributed by atoms with Gasteiger partial charge >= 0.3 is 0 Å². The molecule has 2 aromatic carbocycles. The van der Waals surface area contributed by atoms with Crippen LogP contribution in [0.2, 0.25) is 0 Å². The first-order chi connectivity index (χ1) is 15.4. The van der Waals surface area contributed by atoms with Crippen molar-refractivity contribution in [3.8, 4) is 0 Å². The predicted molar refractivity (Wildman–Crippen MR) is 117 cm³/mol. The molecule has 0 radical (unpaired) electrons. The predicted octanol–water partition coefficient (Wildman–Crippen LogP) is 3.23. The van der Waals surface area contributed by atoms with Crippen LogP contribution in [0.4, 0.5) is 0 Å². The van der Waals surface area contributed by atoms with Gasteiger partial charge in [-0.15, -0.1) is 0 Å². The van der Waals surface area contributed by atoms with Crippen LogP contribution in [0.1, 0.15) is 56.4 Å². The number of carbonyl (C=O) groups is 2. The summed E-state index contributed by atoms with van der Waals surface area (Å²) < 4.78 is 28.8. The quantitative estimate of drug-likeness (QED) is 0.606. The number of pyridine rings is 1. The van der Waals surface area contributed by atoms with Crippen molar-refractivity contribution in [1.82, 2.24) is 14.6 Å². The molecule has 5 rings (SSSR count). The summed E-state index contributed by atoms with van der Waals surface area (Å²) in [5, 5.41) is 0. The van der Waals surface area contributed by atoms with E-state index in [0.29, 0.717) is 5.56 Å². The van der Waals surface area contributed by atoms with Gasteiger partial charge in [0, 0.05) is 12.2 Å². The molecule has 1 aliphatic carbocycles. The molecule has 1 N–H and O–H groups in total. The van der Waals surface area contributed by atoms with Crippen molar-refractivity contribution in [2.75, 3.05) is 0 Å². The fourth-order valence-electron chi connectivity index (χ4n) is 4.35.